The van der Waals surface area contributed by atoms with Gasteiger partial charge in [0.2, 0.25) is 0 Å². The fourth-order valence-electron chi connectivity index (χ4n) is 2.47. The lowest BCUT2D eigenvalue weighted by Gasteiger charge is -2.51. The molecule has 0 N–H and O–H groups in total. The van der Waals surface area contributed by atoms with E-state index in [2.05, 4.69) is 32.3 Å². The quantitative estimate of drug-likeness (QED) is 0.711. The van der Waals surface area contributed by atoms with Crippen molar-refractivity contribution in [1.29, 1.82) is 0 Å². The highest BCUT2D eigenvalue weighted by Gasteiger charge is 2.51. The summed E-state index contributed by atoms with van der Waals surface area (Å²) in [7, 11) is 1.50. The van der Waals surface area contributed by atoms with Gasteiger partial charge in [0.15, 0.2) is 0 Å². The molecular weight excluding hydrogens is 218 g/mol. The van der Waals surface area contributed by atoms with Crippen LogP contribution >= 0.6 is 0 Å². The van der Waals surface area contributed by atoms with Crippen molar-refractivity contribution in [2.45, 2.75) is 52.1 Å². The number of hydrogen-bond donors (Lipinski definition) is 0. The van der Waals surface area contributed by atoms with Gasteiger partial charge in [0, 0.05) is 25.8 Å². The molecule has 0 saturated carbocycles. The van der Waals surface area contributed by atoms with Crippen LogP contribution in [0.15, 0.2) is 0 Å². The number of hydrogen-bond acceptors (Lipinski definition) is 3. The molecule has 0 aromatic carbocycles. The van der Waals surface area contributed by atoms with Gasteiger partial charge in [-0.15, -0.1) is 0 Å². The predicted octanol–water partition coefficient (Wildman–Crippen LogP) is 2.75. The lowest BCUT2D eigenvalue weighted by atomic mass is 9.90. The van der Waals surface area contributed by atoms with Gasteiger partial charge in [0.05, 0.1) is 0 Å². The topological polar surface area (TPSA) is 21.7 Å². The van der Waals surface area contributed by atoms with Gasteiger partial charge in [-0.3, -0.25) is 4.57 Å². The fourth-order valence-corrected chi connectivity index (χ4v) is 6.09. The van der Waals surface area contributed by atoms with Crippen molar-refractivity contribution in [3.05, 3.63) is 0 Å². The zero-order chi connectivity index (χ0) is 12.4. The zero-order valence-electron chi connectivity index (χ0n) is 11.7. The van der Waals surface area contributed by atoms with E-state index in [0.717, 1.165) is 12.6 Å². The normalized spacial score (nSPS) is 22.7. The van der Waals surface area contributed by atoms with E-state index in [9.17, 15) is 0 Å². The highest BCUT2D eigenvalue weighted by Crippen LogP contribution is 2.36. The molecule has 0 bridgehead atoms. The summed E-state index contributed by atoms with van der Waals surface area (Å²) in [6.07, 6.45) is 2.50. The molecule has 0 aromatic heterocycles. The molecular formula is C12H27NO2Si. The molecule has 3 nitrogen and oxygen atoms in total. The monoisotopic (exact) mass is 245 g/mol. The summed E-state index contributed by atoms with van der Waals surface area (Å²) in [4.78, 5) is 0. The molecule has 4 heteroatoms. The molecule has 0 aromatic rings. The molecule has 1 fully saturated rings. The van der Waals surface area contributed by atoms with Gasteiger partial charge in [-0.1, -0.05) is 13.8 Å². The Bertz CT molecular complexity index is 227. The Hall–Kier alpha value is 0.0969. The number of rotatable bonds is 4. The molecule has 0 atom stereocenters. The second-order valence-corrected chi connectivity index (χ2v) is 8.82. The second-order valence-electron chi connectivity index (χ2n) is 5.54. The van der Waals surface area contributed by atoms with E-state index in [4.69, 9.17) is 8.85 Å². The molecule has 0 aliphatic carbocycles. The minimum absolute atomic E-state index is 0.151. The molecule has 0 spiro atoms. The highest BCUT2D eigenvalue weighted by atomic mass is 28.4. The lowest BCUT2D eigenvalue weighted by Crippen LogP contribution is -2.67. The van der Waals surface area contributed by atoms with Crippen molar-refractivity contribution in [3.63, 3.8) is 0 Å². The molecule has 96 valence electrons. The Balaban J connectivity index is 2.98. The Morgan fingerprint density at radius 1 is 1.12 bits per heavy atom. The van der Waals surface area contributed by atoms with Crippen molar-refractivity contribution in [1.82, 2.24) is 4.57 Å². The average Bonchev–Trinajstić information content (AvgIpc) is 2.28. The standard InChI is InChI=1S/C12H27NO2Si/c1-11(2)12(3,4)13-9-7-8-10-16(13,14-5)15-6/h11H,7-10H2,1-6H3. The van der Waals surface area contributed by atoms with E-state index < -0.39 is 8.72 Å². The third kappa shape index (κ3) is 2.35. The van der Waals surface area contributed by atoms with Gasteiger partial charge >= 0.3 is 8.72 Å². The van der Waals surface area contributed by atoms with Crippen LogP contribution in [-0.4, -0.2) is 39.6 Å². The van der Waals surface area contributed by atoms with E-state index in [0.29, 0.717) is 5.92 Å². The first-order valence-corrected chi connectivity index (χ1v) is 8.26. The molecule has 1 rings (SSSR count). The Labute approximate surface area is 101 Å². The first kappa shape index (κ1) is 14.2. The van der Waals surface area contributed by atoms with Crippen LogP contribution in [0.3, 0.4) is 0 Å². The van der Waals surface area contributed by atoms with Gasteiger partial charge < -0.3 is 8.85 Å². The molecule has 0 radical (unpaired) electrons. The summed E-state index contributed by atoms with van der Waals surface area (Å²) in [6.45, 7) is 10.3. The summed E-state index contributed by atoms with van der Waals surface area (Å²) >= 11 is 0. The second kappa shape index (κ2) is 5.17. The smallest absolute Gasteiger partial charge is 0.386 e. The van der Waals surface area contributed by atoms with E-state index >= 15 is 0 Å². The molecule has 1 aliphatic heterocycles. The SMILES string of the molecule is CO[Si]1(OC)CCCCN1C(C)(C)C(C)C. The Kier molecular flexibility index (Phi) is 4.57. The molecule has 0 amide bonds. The van der Waals surface area contributed by atoms with E-state index in [1.54, 1.807) is 0 Å². The van der Waals surface area contributed by atoms with Crippen LogP contribution in [0.1, 0.15) is 40.5 Å². The van der Waals surface area contributed by atoms with Crippen molar-refractivity contribution in [2.75, 3.05) is 20.8 Å². The van der Waals surface area contributed by atoms with Crippen LogP contribution in [0.4, 0.5) is 0 Å². The molecule has 1 aliphatic rings. The maximum Gasteiger partial charge on any atom is 0.427 e. The Morgan fingerprint density at radius 3 is 2.12 bits per heavy atom. The molecule has 1 saturated heterocycles. The zero-order valence-corrected chi connectivity index (χ0v) is 12.7. The maximum atomic E-state index is 5.82. The van der Waals surface area contributed by atoms with E-state index in [-0.39, 0.29) is 5.54 Å². The van der Waals surface area contributed by atoms with Gasteiger partial charge in [0.1, 0.15) is 0 Å². The molecule has 1 heterocycles. The van der Waals surface area contributed by atoms with Crippen molar-refractivity contribution >= 4 is 8.72 Å². The lowest BCUT2D eigenvalue weighted by molar-refractivity contribution is 0.0593. The van der Waals surface area contributed by atoms with Crippen molar-refractivity contribution < 1.29 is 8.85 Å². The predicted molar refractivity (Wildman–Crippen MR) is 69.4 cm³/mol. The average molecular weight is 245 g/mol. The summed E-state index contributed by atoms with van der Waals surface area (Å²) in [5, 5.41) is 0. The van der Waals surface area contributed by atoms with Gasteiger partial charge in [-0.25, -0.2) is 0 Å². The third-order valence-electron chi connectivity index (χ3n) is 4.28. The van der Waals surface area contributed by atoms with Crippen LogP contribution in [0.5, 0.6) is 0 Å². The van der Waals surface area contributed by atoms with Crippen LogP contribution in [-0.2, 0) is 8.85 Å². The highest BCUT2D eigenvalue weighted by molar-refractivity contribution is 6.64. The summed E-state index contributed by atoms with van der Waals surface area (Å²) in [5.74, 6) is 0.600. The van der Waals surface area contributed by atoms with E-state index in [1.165, 1.54) is 12.8 Å². The largest absolute Gasteiger partial charge is 0.427 e. The van der Waals surface area contributed by atoms with Gasteiger partial charge in [-0.05, 0) is 39.2 Å². The van der Waals surface area contributed by atoms with Crippen molar-refractivity contribution in [2.24, 2.45) is 5.92 Å². The van der Waals surface area contributed by atoms with Crippen molar-refractivity contribution in [3.8, 4) is 0 Å². The van der Waals surface area contributed by atoms with Gasteiger partial charge in [-0.2, -0.15) is 0 Å². The van der Waals surface area contributed by atoms with Crippen LogP contribution in [0, 0.1) is 5.92 Å². The molecule has 16 heavy (non-hydrogen) atoms. The first-order valence-electron chi connectivity index (χ1n) is 6.29. The fraction of sp³-hybridized carbons (Fsp3) is 1.00. The maximum absolute atomic E-state index is 5.82. The number of nitrogens with zero attached hydrogens (tertiary/aromatic N) is 1. The Morgan fingerprint density at radius 2 is 1.69 bits per heavy atom. The summed E-state index contributed by atoms with van der Waals surface area (Å²) in [6, 6.07) is 1.09. The summed E-state index contributed by atoms with van der Waals surface area (Å²) in [5.41, 5.74) is 0.151. The van der Waals surface area contributed by atoms with E-state index in [1.807, 2.05) is 14.2 Å². The molecule has 0 unspecified atom stereocenters. The van der Waals surface area contributed by atoms with Crippen LogP contribution in [0.25, 0.3) is 0 Å². The third-order valence-corrected chi connectivity index (χ3v) is 8.17. The van der Waals surface area contributed by atoms with Crippen LogP contribution in [0.2, 0.25) is 6.04 Å². The minimum atomic E-state index is -2.12. The first-order chi connectivity index (χ1) is 7.40. The van der Waals surface area contributed by atoms with Crippen LogP contribution < -0.4 is 0 Å². The minimum Gasteiger partial charge on any atom is -0.386 e. The summed E-state index contributed by atoms with van der Waals surface area (Å²) < 4.78 is 14.2. The van der Waals surface area contributed by atoms with Gasteiger partial charge in [0.25, 0.3) is 0 Å².